The van der Waals surface area contributed by atoms with Crippen LogP contribution in [0.4, 0.5) is 9.18 Å². The van der Waals surface area contributed by atoms with Crippen LogP contribution in [0.5, 0.6) is 5.75 Å². The highest BCUT2D eigenvalue weighted by Gasteiger charge is 2.44. The fourth-order valence-corrected chi connectivity index (χ4v) is 4.71. The summed E-state index contributed by atoms with van der Waals surface area (Å²) in [6.45, 7) is 1.94. The number of rotatable bonds is 8. The molecule has 2 atom stereocenters. The van der Waals surface area contributed by atoms with Gasteiger partial charge in [0, 0.05) is 27.1 Å². The Bertz CT molecular complexity index is 1280. The van der Waals surface area contributed by atoms with Crippen LogP contribution in [-0.2, 0) is 29.1 Å². The molecule has 11 heteroatoms. The number of likely N-dealkylation sites (N-methyl/N-ethyl adjacent to an activating group) is 2. The fourth-order valence-electron chi connectivity index (χ4n) is 4.71. The highest BCUT2D eigenvalue weighted by atomic mass is 19.1. The number of furan rings is 1. The quantitative estimate of drug-likeness (QED) is 0.457. The van der Waals surface area contributed by atoms with Crippen LogP contribution in [0.2, 0.25) is 0 Å². The number of phenols is 1. The Labute approximate surface area is 226 Å². The van der Waals surface area contributed by atoms with E-state index in [9.17, 15) is 23.9 Å². The average molecular weight is 538 g/mol. The van der Waals surface area contributed by atoms with Crippen LogP contribution in [0.15, 0.2) is 71.3 Å². The number of carbonyl (C=O) groups is 3. The number of hydrogen-bond acceptors (Lipinski definition) is 6. The van der Waals surface area contributed by atoms with Gasteiger partial charge in [0.1, 0.15) is 29.5 Å². The lowest BCUT2D eigenvalue weighted by Crippen LogP contribution is -2.69. The molecule has 39 heavy (non-hydrogen) atoms. The maximum atomic E-state index is 13.8. The van der Waals surface area contributed by atoms with Crippen molar-refractivity contribution < 1.29 is 28.3 Å². The van der Waals surface area contributed by atoms with Crippen LogP contribution in [0.3, 0.4) is 0 Å². The van der Waals surface area contributed by atoms with E-state index in [2.05, 4.69) is 5.32 Å². The van der Waals surface area contributed by atoms with Gasteiger partial charge in [-0.15, -0.1) is 0 Å². The molecule has 0 aliphatic carbocycles. The molecule has 1 aromatic heterocycles. The predicted molar refractivity (Wildman–Crippen MR) is 140 cm³/mol. The van der Waals surface area contributed by atoms with Crippen molar-refractivity contribution >= 4 is 17.8 Å². The van der Waals surface area contributed by atoms with Crippen molar-refractivity contribution in [3.05, 3.63) is 89.6 Å². The van der Waals surface area contributed by atoms with Crippen molar-refractivity contribution in [3.8, 4) is 5.75 Å². The van der Waals surface area contributed by atoms with Gasteiger partial charge in [-0.25, -0.2) is 19.2 Å². The van der Waals surface area contributed by atoms with Gasteiger partial charge in [0.2, 0.25) is 11.8 Å². The topological polar surface area (TPSA) is 110 Å². The predicted octanol–water partition coefficient (Wildman–Crippen LogP) is 2.94. The van der Waals surface area contributed by atoms with Crippen LogP contribution in [0.1, 0.15) is 23.8 Å². The molecule has 206 valence electrons. The molecule has 0 bridgehead atoms. The Morgan fingerprint density at radius 3 is 2.44 bits per heavy atom. The van der Waals surface area contributed by atoms with Gasteiger partial charge in [-0.05, 0) is 54.4 Å². The summed E-state index contributed by atoms with van der Waals surface area (Å²) in [6, 6.07) is 14.3. The minimum absolute atomic E-state index is 0.0876. The molecule has 1 aliphatic heterocycles. The van der Waals surface area contributed by atoms with Gasteiger partial charge in [0.25, 0.3) is 0 Å². The van der Waals surface area contributed by atoms with Gasteiger partial charge in [0.15, 0.2) is 0 Å². The molecule has 3 aromatic rings. The maximum absolute atomic E-state index is 13.8. The molecular formula is C28H32FN5O5. The molecule has 1 saturated heterocycles. The second kappa shape index (κ2) is 12.0. The van der Waals surface area contributed by atoms with E-state index in [0.717, 1.165) is 5.56 Å². The molecule has 0 radical (unpaired) electrons. The molecule has 4 rings (SSSR count). The van der Waals surface area contributed by atoms with Crippen molar-refractivity contribution in [2.24, 2.45) is 0 Å². The summed E-state index contributed by atoms with van der Waals surface area (Å²) in [6.07, 6.45) is 0.898. The molecule has 4 amide bonds. The van der Waals surface area contributed by atoms with Gasteiger partial charge < -0.3 is 24.6 Å². The van der Waals surface area contributed by atoms with Crippen molar-refractivity contribution in [2.75, 3.05) is 20.6 Å². The maximum Gasteiger partial charge on any atom is 0.334 e. The van der Waals surface area contributed by atoms with Gasteiger partial charge >= 0.3 is 6.03 Å². The third-order valence-electron chi connectivity index (χ3n) is 6.68. The van der Waals surface area contributed by atoms with E-state index in [1.807, 2.05) is 0 Å². The van der Waals surface area contributed by atoms with Crippen LogP contribution in [0, 0.1) is 5.82 Å². The molecule has 1 aliphatic rings. The lowest BCUT2D eigenvalue weighted by Gasteiger charge is -2.49. The zero-order valence-electron chi connectivity index (χ0n) is 22.1. The average Bonchev–Trinajstić information content (AvgIpc) is 3.41. The van der Waals surface area contributed by atoms with Gasteiger partial charge in [-0.2, -0.15) is 0 Å². The number of urea groups is 1. The lowest BCUT2D eigenvalue weighted by atomic mass is 10.0. The van der Waals surface area contributed by atoms with Crippen LogP contribution in [0.25, 0.3) is 0 Å². The Morgan fingerprint density at radius 2 is 1.79 bits per heavy atom. The third-order valence-corrected chi connectivity index (χ3v) is 6.68. The van der Waals surface area contributed by atoms with Gasteiger partial charge in [-0.3, -0.25) is 9.59 Å². The van der Waals surface area contributed by atoms with Crippen LogP contribution >= 0.6 is 0 Å². The van der Waals surface area contributed by atoms with Crippen LogP contribution < -0.4 is 5.32 Å². The number of amides is 4. The SMILES string of the molecule is C[C@H]1N([C@@H](Cc2ccc(O)cc2)C(=O)N(C)Cc2ccco2)C(=O)CN(C)N1C(=O)NCc1ccc(F)cc1. The summed E-state index contributed by atoms with van der Waals surface area (Å²) in [4.78, 5) is 43.4. The van der Waals surface area contributed by atoms with E-state index in [-0.39, 0.29) is 49.4 Å². The number of hydrogen-bond donors (Lipinski definition) is 2. The van der Waals surface area contributed by atoms with E-state index in [1.165, 1.54) is 50.3 Å². The minimum atomic E-state index is -0.932. The molecule has 10 nitrogen and oxygen atoms in total. The number of nitrogens with one attached hydrogen (secondary N) is 1. The molecular weight excluding hydrogens is 505 g/mol. The molecule has 2 N–H and O–H groups in total. The van der Waals surface area contributed by atoms with Crippen molar-refractivity contribution in [2.45, 2.75) is 38.6 Å². The van der Waals surface area contributed by atoms with Crippen molar-refractivity contribution in [1.29, 1.82) is 0 Å². The lowest BCUT2D eigenvalue weighted by molar-refractivity contribution is -0.171. The van der Waals surface area contributed by atoms with E-state index >= 15 is 0 Å². The standard InChI is InChI=1S/C28H32FN5O5/c1-19-33(26(36)18-32(3)34(19)28(38)30-16-21-6-10-22(29)11-7-21)25(15-20-8-12-23(35)13-9-20)27(37)31(2)17-24-5-4-14-39-24/h4-14,19,25,35H,15-18H2,1-3H3,(H,30,38)/t19-,25-/m0/s1. The van der Waals surface area contributed by atoms with Crippen molar-refractivity contribution in [1.82, 2.24) is 25.1 Å². The van der Waals surface area contributed by atoms with E-state index in [4.69, 9.17) is 4.42 Å². The summed E-state index contributed by atoms with van der Waals surface area (Å²) in [5.74, 6) is -0.324. The molecule has 1 fully saturated rings. The number of aromatic hydroxyl groups is 1. The molecule has 2 heterocycles. The molecule has 0 saturated carbocycles. The minimum Gasteiger partial charge on any atom is -0.508 e. The number of carbonyl (C=O) groups excluding carboxylic acids is 3. The second-order valence-corrected chi connectivity index (χ2v) is 9.54. The Morgan fingerprint density at radius 1 is 1.13 bits per heavy atom. The monoisotopic (exact) mass is 537 g/mol. The first-order chi connectivity index (χ1) is 18.6. The van der Waals surface area contributed by atoms with E-state index in [0.29, 0.717) is 11.3 Å². The Balaban J connectivity index is 1.58. The zero-order chi connectivity index (χ0) is 28.1. The summed E-state index contributed by atoms with van der Waals surface area (Å²) in [5.41, 5.74) is 1.45. The number of benzene rings is 2. The van der Waals surface area contributed by atoms with Crippen molar-refractivity contribution in [3.63, 3.8) is 0 Å². The number of halogens is 1. The van der Waals surface area contributed by atoms with Crippen LogP contribution in [-0.4, -0.2) is 75.6 Å². The van der Waals surface area contributed by atoms with Gasteiger partial charge in [0.05, 0.1) is 19.4 Å². The molecule has 0 unspecified atom stereocenters. The highest BCUT2D eigenvalue weighted by molar-refractivity contribution is 5.90. The number of phenolic OH excluding ortho intramolecular Hbond substituents is 1. The summed E-state index contributed by atoms with van der Waals surface area (Å²) in [5, 5.41) is 15.4. The summed E-state index contributed by atoms with van der Waals surface area (Å²) in [7, 11) is 3.26. The van der Waals surface area contributed by atoms with Gasteiger partial charge in [-0.1, -0.05) is 24.3 Å². The largest absolute Gasteiger partial charge is 0.508 e. The molecule has 0 spiro atoms. The fraction of sp³-hybridized carbons (Fsp3) is 0.321. The normalized spacial score (nSPS) is 16.7. The smallest absolute Gasteiger partial charge is 0.334 e. The number of nitrogens with zero attached hydrogens (tertiary/aromatic N) is 4. The second-order valence-electron chi connectivity index (χ2n) is 9.54. The highest BCUT2D eigenvalue weighted by Crippen LogP contribution is 2.24. The first-order valence-electron chi connectivity index (χ1n) is 12.5. The zero-order valence-corrected chi connectivity index (χ0v) is 22.1. The summed E-state index contributed by atoms with van der Waals surface area (Å²) >= 11 is 0. The van der Waals surface area contributed by atoms with E-state index < -0.39 is 18.2 Å². The first-order valence-corrected chi connectivity index (χ1v) is 12.5. The number of hydrazine groups is 1. The van der Waals surface area contributed by atoms with E-state index in [1.54, 1.807) is 57.4 Å². The Kier molecular flexibility index (Phi) is 8.50. The first kappa shape index (κ1) is 27.6. The Hall–Kier alpha value is -4.38. The summed E-state index contributed by atoms with van der Waals surface area (Å²) < 4.78 is 18.6. The molecule has 2 aromatic carbocycles. The third kappa shape index (κ3) is 6.55.